The monoisotopic (exact) mass is 469 g/mol. The Bertz CT molecular complexity index is 1270. The summed E-state index contributed by atoms with van der Waals surface area (Å²) in [4.78, 5) is 46.4. The minimum absolute atomic E-state index is 0.0491. The second-order valence-electron chi connectivity index (χ2n) is 8.20. The topological polar surface area (TPSA) is 103 Å². The van der Waals surface area contributed by atoms with E-state index in [2.05, 4.69) is 4.98 Å². The van der Waals surface area contributed by atoms with Gasteiger partial charge in [0.05, 0.1) is 47.2 Å². The van der Waals surface area contributed by atoms with E-state index in [4.69, 9.17) is 14.5 Å². The lowest BCUT2D eigenvalue weighted by Gasteiger charge is -2.18. The van der Waals surface area contributed by atoms with Gasteiger partial charge < -0.3 is 14.5 Å². The van der Waals surface area contributed by atoms with Gasteiger partial charge >= 0.3 is 5.97 Å². The third kappa shape index (κ3) is 4.47. The summed E-state index contributed by atoms with van der Waals surface area (Å²) in [6.45, 7) is 6.32. The van der Waals surface area contributed by atoms with Gasteiger partial charge in [0.2, 0.25) is 0 Å². The van der Waals surface area contributed by atoms with Crippen LogP contribution in [0.2, 0.25) is 0 Å². The molecule has 0 spiro atoms. The molecule has 33 heavy (non-hydrogen) atoms. The summed E-state index contributed by atoms with van der Waals surface area (Å²) in [5.41, 5.74) is 2.32. The van der Waals surface area contributed by atoms with Crippen LogP contribution in [0, 0.1) is 13.8 Å². The number of aromatic amines is 1. The molecule has 2 atom stereocenters. The second-order valence-corrected chi connectivity index (χ2v) is 9.51. The fraction of sp³-hybridized carbons (Fsp3) is 0.417. The predicted molar refractivity (Wildman–Crippen MR) is 126 cm³/mol. The Labute approximate surface area is 195 Å². The summed E-state index contributed by atoms with van der Waals surface area (Å²) in [6.07, 6.45) is 1.80. The summed E-state index contributed by atoms with van der Waals surface area (Å²) in [5.74, 6) is -0.663. The third-order valence-electron chi connectivity index (χ3n) is 5.96. The number of ketones is 1. The number of methoxy groups -OCH3 is 1. The summed E-state index contributed by atoms with van der Waals surface area (Å²) >= 11 is 1.23. The van der Waals surface area contributed by atoms with E-state index in [0.717, 1.165) is 12.8 Å². The summed E-state index contributed by atoms with van der Waals surface area (Å²) in [7, 11) is 1.31. The van der Waals surface area contributed by atoms with E-state index in [1.54, 1.807) is 37.5 Å². The number of aryl methyl sites for hydroxylation is 1. The molecule has 0 aliphatic carbocycles. The highest BCUT2D eigenvalue weighted by Gasteiger charge is 2.28. The van der Waals surface area contributed by atoms with Crippen LogP contribution >= 0.6 is 11.8 Å². The number of esters is 1. The van der Waals surface area contributed by atoms with Gasteiger partial charge in [-0.15, -0.1) is 0 Å². The number of Topliss-reactive ketones (excluding diaryl/α,β-unsaturated/α-hetero) is 1. The number of hydrogen-bond donors (Lipinski definition) is 1. The van der Waals surface area contributed by atoms with Crippen molar-refractivity contribution >= 4 is 34.4 Å². The number of thioether (sulfide) groups is 1. The van der Waals surface area contributed by atoms with Crippen LogP contribution in [0.1, 0.15) is 51.9 Å². The molecule has 4 rings (SSSR count). The van der Waals surface area contributed by atoms with Gasteiger partial charge in [-0.25, -0.2) is 9.78 Å². The van der Waals surface area contributed by atoms with E-state index in [1.807, 2.05) is 12.1 Å². The first-order valence-corrected chi connectivity index (χ1v) is 11.8. The van der Waals surface area contributed by atoms with E-state index in [9.17, 15) is 14.4 Å². The quantitative estimate of drug-likeness (QED) is 0.244. The van der Waals surface area contributed by atoms with Crippen molar-refractivity contribution in [1.82, 2.24) is 14.5 Å². The van der Waals surface area contributed by atoms with Gasteiger partial charge in [-0.05, 0) is 51.3 Å². The number of aromatic nitrogens is 3. The molecule has 3 aromatic rings. The highest BCUT2D eigenvalue weighted by atomic mass is 32.2. The largest absolute Gasteiger partial charge is 0.465 e. The number of H-pyrrole nitrogens is 1. The summed E-state index contributed by atoms with van der Waals surface area (Å²) in [6, 6.07) is 7.21. The molecule has 0 saturated carbocycles. The number of para-hydroxylation sites is 1. The maximum Gasteiger partial charge on any atom is 0.339 e. The Morgan fingerprint density at radius 1 is 1.33 bits per heavy atom. The fourth-order valence-corrected chi connectivity index (χ4v) is 5.19. The minimum atomic E-state index is -0.545. The third-order valence-corrected chi connectivity index (χ3v) is 7.05. The standard InChI is InChI=1S/C24H27N3O5S/c1-13-19(23(30)31-4)14(2)25-20(13)21(28)15(3)33-24-26-18-10-6-5-9-17(18)22(29)27(24)12-16-8-7-11-32-16/h5-6,9-10,15-16,25H,7-8,11-12H2,1-4H3/t15-,16-/m1/s1. The summed E-state index contributed by atoms with van der Waals surface area (Å²) < 4.78 is 12.2. The van der Waals surface area contributed by atoms with Crippen molar-refractivity contribution in [2.75, 3.05) is 13.7 Å². The number of nitrogens with one attached hydrogen (secondary N) is 1. The molecule has 1 aliphatic heterocycles. The maximum atomic E-state index is 13.3. The van der Waals surface area contributed by atoms with Crippen LogP contribution < -0.4 is 5.56 Å². The maximum absolute atomic E-state index is 13.3. The Hall–Kier alpha value is -2.91. The molecule has 1 aromatic carbocycles. The highest BCUT2D eigenvalue weighted by Crippen LogP contribution is 2.28. The second kappa shape index (κ2) is 9.52. The smallest absolute Gasteiger partial charge is 0.339 e. The van der Waals surface area contributed by atoms with Gasteiger partial charge in [0.15, 0.2) is 10.9 Å². The van der Waals surface area contributed by atoms with Crippen molar-refractivity contribution in [3.05, 3.63) is 57.1 Å². The van der Waals surface area contributed by atoms with Crippen molar-refractivity contribution < 1.29 is 19.1 Å². The van der Waals surface area contributed by atoms with E-state index >= 15 is 0 Å². The molecule has 1 aliphatic rings. The number of nitrogens with zero attached hydrogens (tertiary/aromatic N) is 2. The van der Waals surface area contributed by atoms with Gasteiger partial charge in [0.25, 0.3) is 5.56 Å². The minimum Gasteiger partial charge on any atom is -0.465 e. The van der Waals surface area contributed by atoms with Crippen LogP contribution in [0.4, 0.5) is 0 Å². The SMILES string of the molecule is COC(=O)c1c(C)[nH]c(C(=O)[C@@H](C)Sc2nc3ccccc3c(=O)n2C[C@H]2CCCO2)c1C. The molecule has 0 radical (unpaired) electrons. The van der Waals surface area contributed by atoms with E-state index in [-0.39, 0.29) is 17.4 Å². The molecule has 174 valence electrons. The number of ether oxygens (including phenoxy) is 2. The average molecular weight is 470 g/mol. The van der Waals surface area contributed by atoms with E-state index in [1.165, 1.54) is 18.9 Å². The van der Waals surface area contributed by atoms with E-state index in [0.29, 0.717) is 51.7 Å². The Morgan fingerprint density at radius 2 is 2.09 bits per heavy atom. The van der Waals surface area contributed by atoms with Gasteiger partial charge in [-0.1, -0.05) is 23.9 Å². The lowest BCUT2D eigenvalue weighted by Crippen LogP contribution is -2.29. The number of rotatable bonds is 7. The predicted octanol–water partition coefficient (Wildman–Crippen LogP) is 3.67. The van der Waals surface area contributed by atoms with Gasteiger partial charge in [-0.2, -0.15) is 0 Å². The van der Waals surface area contributed by atoms with Gasteiger partial charge in [0, 0.05) is 12.3 Å². The zero-order valence-electron chi connectivity index (χ0n) is 19.1. The number of fused-ring (bicyclic) bond motifs is 1. The number of hydrogen-bond acceptors (Lipinski definition) is 7. The molecule has 9 heteroatoms. The lowest BCUT2D eigenvalue weighted by atomic mass is 10.1. The normalized spacial score (nSPS) is 16.8. The van der Waals surface area contributed by atoms with Crippen molar-refractivity contribution in [2.45, 2.75) is 56.7 Å². The van der Waals surface area contributed by atoms with E-state index < -0.39 is 11.2 Å². The van der Waals surface area contributed by atoms with Gasteiger partial charge in [0.1, 0.15) is 0 Å². The molecule has 1 N–H and O–H groups in total. The zero-order chi connectivity index (χ0) is 23.7. The number of carbonyl (C=O) groups excluding carboxylic acids is 2. The highest BCUT2D eigenvalue weighted by molar-refractivity contribution is 8.00. The van der Waals surface area contributed by atoms with Crippen molar-refractivity contribution in [3.63, 3.8) is 0 Å². The zero-order valence-corrected chi connectivity index (χ0v) is 20.0. The lowest BCUT2D eigenvalue weighted by molar-refractivity contribution is 0.0599. The van der Waals surface area contributed by atoms with Gasteiger partial charge in [-0.3, -0.25) is 14.2 Å². The Balaban J connectivity index is 1.68. The average Bonchev–Trinajstić information content (AvgIpc) is 3.42. The molecule has 0 unspecified atom stereocenters. The Morgan fingerprint density at radius 3 is 2.79 bits per heavy atom. The molecule has 0 amide bonds. The first kappa shape index (κ1) is 23.3. The van der Waals surface area contributed by atoms with Crippen LogP contribution in [0.25, 0.3) is 10.9 Å². The first-order chi connectivity index (χ1) is 15.8. The molecule has 2 aromatic heterocycles. The van der Waals surface area contributed by atoms with Crippen LogP contribution in [0.15, 0.2) is 34.2 Å². The summed E-state index contributed by atoms with van der Waals surface area (Å²) in [5, 5.41) is 0.470. The molecule has 1 saturated heterocycles. The fourth-order valence-electron chi connectivity index (χ4n) is 4.21. The van der Waals surface area contributed by atoms with Crippen molar-refractivity contribution in [3.8, 4) is 0 Å². The van der Waals surface area contributed by atoms with Crippen LogP contribution in [-0.4, -0.2) is 51.4 Å². The number of benzene rings is 1. The van der Waals surface area contributed by atoms with Crippen LogP contribution in [0.3, 0.4) is 0 Å². The molecule has 1 fully saturated rings. The molecule has 0 bridgehead atoms. The van der Waals surface area contributed by atoms with Crippen LogP contribution in [-0.2, 0) is 16.0 Å². The van der Waals surface area contributed by atoms with Crippen molar-refractivity contribution in [2.24, 2.45) is 0 Å². The first-order valence-electron chi connectivity index (χ1n) is 10.9. The van der Waals surface area contributed by atoms with Crippen LogP contribution in [0.5, 0.6) is 0 Å². The molecule has 8 nitrogen and oxygen atoms in total. The molecular formula is C24H27N3O5S. The number of carbonyl (C=O) groups is 2. The van der Waals surface area contributed by atoms with Crippen molar-refractivity contribution in [1.29, 1.82) is 0 Å². The molecular weight excluding hydrogens is 442 g/mol. The molecule has 3 heterocycles. The Kier molecular flexibility index (Phi) is 6.71.